The van der Waals surface area contributed by atoms with Crippen LogP contribution in [-0.4, -0.2) is 82.8 Å². The van der Waals surface area contributed by atoms with Gasteiger partial charge in [0.2, 0.25) is 0 Å². The van der Waals surface area contributed by atoms with Crippen molar-refractivity contribution >= 4 is 0 Å². The molecular weight excluding hydrogens is 1380 g/mol. The van der Waals surface area contributed by atoms with Crippen molar-refractivity contribution in [2.75, 3.05) is 0 Å². The van der Waals surface area contributed by atoms with Crippen molar-refractivity contribution in [3.63, 3.8) is 0 Å². The van der Waals surface area contributed by atoms with Gasteiger partial charge < -0.3 is 76.6 Å². The largest absolute Gasteiger partial charge is 0.508 e. The summed E-state index contributed by atoms with van der Waals surface area (Å²) in [5, 5.41) is 166. The predicted octanol–water partition coefficient (Wildman–Crippen LogP) is 18.6. The van der Waals surface area contributed by atoms with E-state index in [9.17, 15) is 89.8 Å². The Morgan fingerprint density at radius 3 is 0.778 bits per heavy atom. The maximum atomic E-state index is 12.6. The first-order valence-electron chi connectivity index (χ1n) is 34.6. The zero-order chi connectivity index (χ0) is 76.8. The predicted molar refractivity (Wildman–Crippen MR) is 403 cm³/mol. The molecule has 0 heterocycles. The standard InChI is InChI=1S/C52H40O12.C25H18O2.C13H17F3O/c53-29-9-1-25(2-10-29)49-33-17-35(43(59)21-41(33)57)50(26-3-11-30(54)12-4-26)37-19-39(47(63)23-45(37)61)52(28-7-15-32(56)16-8-28)40-20-38(46(62)24-48(40)64)51(27-5-13-31(55)14-6-27)36-18-34(49)42(58)22-44(36)60;26-19-13-9-17(10-14-19)25(18-11-15-20(27)16-12-18)23-7-3-1-5-21(23)22-6-2-4-8-24(22)25;1-4-9(2)10-5-7-11(8-6-10)12(3,17)13(14,15)16/h1-24,49-64H;1-16,26-27H;5-9,17H,4H2,1-3H3. The number of benzene rings is 13. The van der Waals surface area contributed by atoms with E-state index in [2.05, 4.69) is 48.5 Å². The monoisotopic (exact) mass is 1450 g/mol. The van der Waals surface area contributed by atoms with Gasteiger partial charge >= 0.3 is 6.18 Å². The van der Waals surface area contributed by atoms with Crippen LogP contribution < -0.4 is 0 Å². The lowest BCUT2D eigenvalue weighted by Crippen LogP contribution is -2.39. The van der Waals surface area contributed by atoms with Gasteiger partial charge in [-0.25, -0.2) is 0 Å². The van der Waals surface area contributed by atoms with Crippen LogP contribution in [0.4, 0.5) is 13.2 Å². The fourth-order valence-corrected chi connectivity index (χ4v) is 15.1. The summed E-state index contributed by atoms with van der Waals surface area (Å²) in [5.74, 6) is -7.30. The lowest BCUT2D eigenvalue weighted by atomic mass is 9.68. The van der Waals surface area contributed by atoms with E-state index < -0.39 is 86.9 Å². The molecule has 0 saturated carbocycles. The third kappa shape index (κ3) is 13.6. The van der Waals surface area contributed by atoms with Crippen LogP contribution in [0, 0.1) is 0 Å². The number of phenolic OH excluding ortho intramolecular Hbond substituents is 14. The Hall–Kier alpha value is -13.2. The van der Waals surface area contributed by atoms with Gasteiger partial charge in [0, 0.05) is 92.4 Å². The molecule has 0 radical (unpaired) electrons. The van der Waals surface area contributed by atoms with E-state index in [-0.39, 0.29) is 84.6 Å². The van der Waals surface area contributed by atoms with Crippen molar-refractivity contribution in [3.05, 3.63) is 367 Å². The smallest absolute Gasteiger partial charge is 0.421 e. The average molecular weight is 1450 g/mol. The van der Waals surface area contributed by atoms with Gasteiger partial charge in [-0.15, -0.1) is 0 Å². The summed E-state index contributed by atoms with van der Waals surface area (Å²) in [5.41, 5.74) is 7.31. The highest BCUT2D eigenvalue weighted by atomic mass is 19.4. The fourth-order valence-electron chi connectivity index (χ4n) is 15.1. The molecule has 0 amide bonds. The summed E-state index contributed by atoms with van der Waals surface area (Å²) < 4.78 is 37.8. The SMILES string of the molecule is CCC(C)c1ccc(C(C)(O)C(F)(F)F)cc1.Oc1ccc(C2(c3ccc(O)cc3)c3ccccc3-c3ccccc32)cc1.Oc1ccc(C2c3cc(c(O)cc3O)C(c3ccc(O)cc3)c3cc(c(O)cc3O)C(c3ccc(O)cc3)c3cc(c(O)cc3O)C(c3ccc(O)cc3)c3cc2c(O)cc3O)cc1. The number of halogens is 3. The highest BCUT2D eigenvalue weighted by molar-refractivity contribution is 5.86. The molecule has 0 spiro atoms. The van der Waals surface area contributed by atoms with E-state index in [4.69, 9.17) is 0 Å². The molecule has 8 bridgehead atoms. The minimum Gasteiger partial charge on any atom is -0.508 e. The molecule has 13 aromatic rings. The number of fused-ring (bicyclic) bond motifs is 11. The zero-order valence-corrected chi connectivity index (χ0v) is 58.3. The van der Waals surface area contributed by atoms with Crippen LogP contribution in [0.2, 0.25) is 0 Å². The lowest BCUT2D eigenvalue weighted by Gasteiger charge is -2.33. The molecule has 108 heavy (non-hydrogen) atoms. The van der Waals surface area contributed by atoms with E-state index in [1.165, 1.54) is 107 Å². The van der Waals surface area contributed by atoms with Gasteiger partial charge in [0.15, 0.2) is 5.60 Å². The van der Waals surface area contributed by atoms with Gasteiger partial charge in [-0.2, -0.15) is 13.2 Å². The van der Waals surface area contributed by atoms with E-state index in [0.29, 0.717) is 28.2 Å². The first kappa shape index (κ1) is 73.1. The van der Waals surface area contributed by atoms with Gasteiger partial charge in [-0.05, 0) is 183 Å². The highest BCUT2D eigenvalue weighted by Gasteiger charge is 2.51. The molecule has 0 aliphatic heterocycles. The summed E-state index contributed by atoms with van der Waals surface area (Å²) >= 11 is 0. The fraction of sp³-hybridized carbons (Fsp3) is 0.133. The second-order valence-electron chi connectivity index (χ2n) is 27.4. The zero-order valence-electron chi connectivity index (χ0n) is 58.3. The Balaban J connectivity index is 0.000000189. The molecule has 2 aliphatic rings. The van der Waals surface area contributed by atoms with Gasteiger partial charge in [-0.1, -0.05) is 159 Å². The minimum atomic E-state index is -4.66. The normalized spacial score (nSPS) is 16.2. The molecule has 0 saturated heterocycles. The summed E-state index contributed by atoms with van der Waals surface area (Å²) in [6.07, 6.45) is -3.74. The van der Waals surface area contributed by atoms with Crippen molar-refractivity contribution in [2.24, 2.45) is 0 Å². The van der Waals surface area contributed by atoms with Crippen LogP contribution in [0.1, 0.15) is 157 Å². The Bertz CT molecular complexity index is 4840. The molecule has 2 atom stereocenters. The molecule has 546 valence electrons. The van der Waals surface area contributed by atoms with Crippen molar-refractivity contribution in [2.45, 2.75) is 74.0 Å². The average Bonchev–Trinajstić information content (AvgIpc) is 1.52. The lowest BCUT2D eigenvalue weighted by molar-refractivity contribution is -0.258. The number of phenols is 14. The number of aromatic hydroxyl groups is 14. The number of hydrogen-bond donors (Lipinski definition) is 15. The summed E-state index contributed by atoms with van der Waals surface area (Å²) in [6.45, 7) is 4.80. The van der Waals surface area contributed by atoms with E-state index in [1.807, 2.05) is 38.1 Å². The van der Waals surface area contributed by atoms with Crippen LogP contribution in [-0.2, 0) is 11.0 Å². The van der Waals surface area contributed by atoms with Gasteiger partial charge in [0.1, 0.15) is 80.5 Å². The van der Waals surface area contributed by atoms with Crippen LogP contribution in [0.15, 0.2) is 267 Å². The molecular formula is C90H75F3O15. The Labute approximate surface area is 619 Å². The Morgan fingerprint density at radius 1 is 0.315 bits per heavy atom. The molecule has 0 fully saturated rings. The highest BCUT2D eigenvalue weighted by Crippen LogP contribution is 2.58. The molecule has 15 nitrogen and oxygen atoms in total. The number of rotatable bonds is 9. The van der Waals surface area contributed by atoms with Crippen LogP contribution >= 0.6 is 0 Å². The van der Waals surface area contributed by atoms with E-state index in [1.54, 1.807) is 84.9 Å². The van der Waals surface area contributed by atoms with E-state index >= 15 is 0 Å². The number of hydrogen-bond acceptors (Lipinski definition) is 15. The summed E-state index contributed by atoms with van der Waals surface area (Å²) in [7, 11) is 0. The minimum absolute atomic E-state index is 0.0780. The third-order valence-electron chi connectivity index (χ3n) is 20.9. The van der Waals surface area contributed by atoms with Gasteiger partial charge in [-0.3, -0.25) is 0 Å². The summed E-state index contributed by atoms with van der Waals surface area (Å²) in [6, 6.07) is 72.2. The van der Waals surface area contributed by atoms with Crippen LogP contribution in [0.5, 0.6) is 80.5 Å². The molecule has 18 heteroatoms. The Morgan fingerprint density at radius 2 is 0.546 bits per heavy atom. The van der Waals surface area contributed by atoms with Crippen LogP contribution in [0.3, 0.4) is 0 Å². The van der Waals surface area contributed by atoms with Crippen molar-refractivity contribution in [1.82, 2.24) is 0 Å². The molecule has 2 aliphatic carbocycles. The second-order valence-corrected chi connectivity index (χ2v) is 27.4. The number of aliphatic hydroxyl groups is 1. The maximum absolute atomic E-state index is 12.6. The first-order chi connectivity index (χ1) is 51.6. The quantitative estimate of drug-likeness (QED) is 0.0639. The Kier molecular flexibility index (Phi) is 19.7. The van der Waals surface area contributed by atoms with Crippen molar-refractivity contribution in [3.8, 4) is 91.6 Å². The topological polar surface area (TPSA) is 303 Å². The maximum Gasteiger partial charge on any atom is 0.421 e. The first-order valence-corrected chi connectivity index (χ1v) is 34.6. The molecule has 0 aromatic heterocycles. The van der Waals surface area contributed by atoms with Crippen molar-refractivity contribution in [1.29, 1.82) is 0 Å². The summed E-state index contributed by atoms with van der Waals surface area (Å²) in [4.78, 5) is 0. The van der Waals surface area contributed by atoms with Crippen LogP contribution in [0.25, 0.3) is 11.1 Å². The van der Waals surface area contributed by atoms with E-state index in [0.717, 1.165) is 54.3 Å². The van der Waals surface area contributed by atoms with Gasteiger partial charge in [0.25, 0.3) is 0 Å². The second kappa shape index (κ2) is 29.0. The molecule has 2 unspecified atom stereocenters. The van der Waals surface area contributed by atoms with Gasteiger partial charge in [0.05, 0.1) is 5.41 Å². The molecule has 13 aromatic carbocycles. The third-order valence-corrected chi connectivity index (χ3v) is 20.9. The number of alkyl halides is 3. The molecule has 15 rings (SSSR count). The molecule has 15 N–H and O–H groups in total. The van der Waals surface area contributed by atoms with Crippen molar-refractivity contribution < 1.29 is 89.8 Å².